The third-order valence-corrected chi connectivity index (χ3v) is 0.813. The smallest absolute Gasteiger partial charge is 0.480 e. The van der Waals surface area contributed by atoms with E-state index in [0.717, 1.165) is 18.9 Å². The molecule has 0 saturated carbocycles. The topological polar surface area (TPSA) is 83.6 Å². The molecule has 0 aliphatic carbocycles. The van der Waals surface area contributed by atoms with E-state index < -0.39 is 8.25 Å². The molecule has 4 N–H and O–H groups in total. The maximum absolute atomic E-state index is 8.70. The first-order valence-electron chi connectivity index (χ1n) is 3.21. The summed E-state index contributed by atoms with van der Waals surface area (Å²) in [6.45, 7) is 7.10. The molecule has 6 heteroatoms. The summed E-state index contributed by atoms with van der Waals surface area (Å²) >= 11 is 0. The minimum atomic E-state index is -2.87. The predicted molar refractivity (Wildman–Crippen MR) is 49.1 cm³/mol. The van der Waals surface area contributed by atoms with E-state index in [4.69, 9.17) is 20.1 Å². The summed E-state index contributed by atoms with van der Waals surface area (Å²) in [6, 6.07) is 0.926. The maximum atomic E-state index is 8.70. The number of hydrogen-bond donors (Lipinski definition) is 3. The number of nitrogens with two attached hydrogens (primary N) is 1. The van der Waals surface area contributed by atoms with E-state index in [1.807, 2.05) is 0 Å². The number of rotatable bonds is 4. The molecule has 0 radical (unpaired) electrons. The molecule has 0 aromatic rings. The first-order chi connectivity index (χ1) is 5.54. The molecule has 0 spiro atoms. The van der Waals surface area contributed by atoms with Crippen LogP contribution < -0.4 is 35.3 Å². The van der Waals surface area contributed by atoms with Gasteiger partial charge in [-0.15, -0.1) is 47.9 Å². The van der Waals surface area contributed by atoms with Crippen molar-refractivity contribution in [3.8, 4) is 0 Å². The first-order valence-corrected chi connectivity index (χ1v) is 4.38. The Hall–Kier alpha value is 0.460. The van der Waals surface area contributed by atoms with Crippen LogP contribution in [0.2, 0.25) is 0 Å². The van der Waals surface area contributed by atoms with Gasteiger partial charge in [-0.25, -0.2) is 6.04 Å². The Morgan fingerprint density at radius 2 is 1.54 bits per heavy atom. The van der Waals surface area contributed by atoms with Crippen molar-refractivity contribution < 1.29 is 43.9 Å². The average molecular weight is 214 g/mol. The van der Waals surface area contributed by atoms with Crippen LogP contribution >= 0.6 is 8.25 Å². The van der Waals surface area contributed by atoms with Crippen LogP contribution in [0.15, 0.2) is 25.3 Å². The zero-order valence-corrected chi connectivity index (χ0v) is 10.7. The molecule has 4 nitrogen and oxygen atoms in total. The Morgan fingerprint density at radius 3 is 1.69 bits per heavy atom. The van der Waals surface area contributed by atoms with Gasteiger partial charge in [0.25, 0.3) is 0 Å². The molecule has 0 saturated heterocycles. The Kier molecular flexibility index (Phi) is 22.0. The summed E-state index contributed by atoms with van der Waals surface area (Å²) < 4.78 is 8.70. The van der Waals surface area contributed by atoms with Gasteiger partial charge in [0, 0.05) is 4.57 Å². The van der Waals surface area contributed by atoms with Crippen molar-refractivity contribution >= 4 is 8.25 Å². The minimum absolute atomic E-state index is 0. The fourth-order valence-corrected chi connectivity index (χ4v) is 0.454. The Morgan fingerprint density at radius 1 is 1.31 bits per heavy atom. The second-order valence-electron chi connectivity index (χ2n) is 1.90. The van der Waals surface area contributed by atoms with Gasteiger partial charge < -0.3 is 5.73 Å². The zero-order valence-electron chi connectivity index (χ0n) is 7.81. The van der Waals surface area contributed by atoms with Gasteiger partial charge >= 0.3 is 37.8 Å². The van der Waals surface area contributed by atoms with Crippen LogP contribution in [0.25, 0.3) is 0 Å². The first kappa shape index (κ1) is 19.1. The van der Waals surface area contributed by atoms with E-state index in [1.54, 1.807) is 12.2 Å². The molecule has 13 heavy (non-hydrogen) atoms. The van der Waals surface area contributed by atoms with E-state index >= 15 is 0 Å². The van der Waals surface area contributed by atoms with Crippen LogP contribution in [-0.2, 0) is 4.57 Å². The quantitative estimate of drug-likeness (QED) is 0.224. The maximum Gasteiger partial charge on any atom is 1.00 e. The summed E-state index contributed by atoms with van der Waals surface area (Å²) in [5, 5.41) is 0. The number of hydrogen-bond acceptors (Lipinski definition) is 2. The zero-order chi connectivity index (χ0) is 9.98. The summed E-state index contributed by atoms with van der Waals surface area (Å²) in [7, 11) is -2.87. The van der Waals surface area contributed by atoms with E-state index in [1.165, 1.54) is 0 Å². The van der Waals surface area contributed by atoms with Crippen molar-refractivity contribution in [2.24, 2.45) is 5.73 Å². The SMILES string of the molecule is C=CC[C-](N)CC=C.O=[P+](O)O.[Na+]. The van der Waals surface area contributed by atoms with Crippen LogP contribution in [0.1, 0.15) is 12.8 Å². The van der Waals surface area contributed by atoms with Gasteiger partial charge in [0.2, 0.25) is 0 Å². The van der Waals surface area contributed by atoms with Crippen LogP contribution in [0.3, 0.4) is 0 Å². The third kappa shape index (κ3) is 32.7. The standard InChI is InChI=1S/C7H12N.Na.HO3P/c1-3-5-7(8)6-4-2;;1-4(2)3/h3-4H,1-2,5-6,8H2;;(H-,1,2,3)/q-1;+1;/p+1. The fraction of sp³-hybridized carbons (Fsp3) is 0.286. The summed E-state index contributed by atoms with van der Waals surface area (Å²) in [5.74, 6) is 0. The molecule has 0 fully saturated rings. The Bertz CT molecular complexity index is 141. The Labute approximate surface area is 102 Å². The normalized spacial score (nSPS) is 7.69. The molecule has 0 heterocycles. The molecule has 0 amide bonds. The van der Waals surface area contributed by atoms with Gasteiger partial charge in [-0.3, -0.25) is 0 Å². The molecule has 0 aromatic carbocycles. The summed E-state index contributed by atoms with van der Waals surface area (Å²) in [6.07, 6.45) is 5.18. The van der Waals surface area contributed by atoms with Crippen LogP contribution in [0.5, 0.6) is 0 Å². The van der Waals surface area contributed by atoms with Crippen molar-refractivity contribution in [2.75, 3.05) is 0 Å². The third-order valence-electron chi connectivity index (χ3n) is 0.813. The molecular weight excluding hydrogens is 200 g/mol. The molecule has 0 unspecified atom stereocenters. The summed E-state index contributed by atoms with van der Waals surface area (Å²) in [5.41, 5.74) is 5.47. The Balaban J connectivity index is -0.000000173. The van der Waals surface area contributed by atoms with Crippen molar-refractivity contribution in [1.29, 1.82) is 0 Å². The van der Waals surface area contributed by atoms with Crippen molar-refractivity contribution in [2.45, 2.75) is 12.8 Å². The van der Waals surface area contributed by atoms with Gasteiger partial charge in [0.1, 0.15) is 0 Å². The van der Waals surface area contributed by atoms with Crippen molar-refractivity contribution in [1.82, 2.24) is 0 Å². The predicted octanol–water partition coefficient (Wildman–Crippen LogP) is -1.74. The van der Waals surface area contributed by atoms with E-state index in [-0.39, 0.29) is 29.6 Å². The minimum Gasteiger partial charge on any atom is -0.480 e. The van der Waals surface area contributed by atoms with Crippen LogP contribution in [0, 0.1) is 6.04 Å². The second kappa shape index (κ2) is 15.0. The van der Waals surface area contributed by atoms with Gasteiger partial charge in [0.15, 0.2) is 0 Å². The van der Waals surface area contributed by atoms with Crippen LogP contribution in [0.4, 0.5) is 0 Å². The van der Waals surface area contributed by atoms with Gasteiger partial charge in [0.05, 0.1) is 0 Å². The molecule has 0 atom stereocenters. The average Bonchev–Trinajstić information content (AvgIpc) is 1.87. The monoisotopic (exact) mass is 214 g/mol. The van der Waals surface area contributed by atoms with E-state index in [9.17, 15) is 0 Å². The largest absolute Gasteiger partial charge is 1.00 e. The van der Waals surface area contributed by atoms with Gasteiger partial charge in [-0.05, 0) is 0 Å². The molecular formula is C7H14NNaO3P+. The van der Waals surface area contributed by atoms with Crippen LogP contribution in [-0.4, -0.2) is 9.79 Å². The molecule has 0 aliphatic rings. The van der Waals surface area contributed by atoms with Crippen molar-refractivity contribution in [3.63, 3.8) is 0 Å². The summed E-state index contributed by atoms with van der Waals surface area (Å²) in [4.78, 5) is 14.2. The van der Waals surface area contributed by atoms with Gasteiger partial charge in [-0.1, -0.05) is 0 Å². The second-order valence-corrected chi connectivity index (χ2v) is 2.40. The fourth-order valence-electron chi connectivity index (χ4n) is 0.454. The molecule has 0 bridgehead atoms. The van der Waals surface area contributed by atoms with Gasteiger partial charge in [-0.2, -0.15) is 0 Å². The molecule has 0 aromatic heterocycles. The van der Waals surface area contributed by atoms with E-state index in [2.05, 4.69) is 13.2 Å². The molecule has 0 aliphatic heterocycles. The van der Waals surface area contributed by atoms with Crippen molar-refractivity contribution in [3.05, 3.63) is 31.4 Å². The van der Waals surface area contributed by atoms with E-state index in [0.29, 0.717) is 0 Å². The molecule has 70 valence electrons. The molecule has 0 rings (SSSR count).